The molecule has 0 atom stereocenters. The smallest absolute Gasteiger partial charge is 0.311 e. The van der Waals surface area contributed by atoms with E-state index in [0.717, 1.165) is 12.1 Å². The van der Waals surface area contributed by atoms with Gasteiger partial charge in [0.1, 0.15) is 0 Å². The minimum atomic E-state index is -0.445. The van der Waals surface area contributed by atoms with E-state index in [1.807, 2.05) is 13.1 Å². The van der Waals surface area contributed by atoms with Gasteiger partial charge >= 0.3 is 5.69 Å². The Morgan fingerprint density at radius 2 is 2.28 bits per heavy atom. The highest BCUT2D eigenvalue weighted by Crippen LogP contribution is 2.19. The Morgan fingerprint density at radius 3 is 2.94 bits per heavy atom. The molecular weight excluding hydrogens is 234 g/mol. The molecule has 2 aromatic rings. The second-order valence-corrected chi connectivity index (χ2v) is 3.75. The first-order valence-corrected chi connectivity index (χ1v) is 5.48. The van der Waals surface area contributed by atoms with Gasteiger partial charge in [-0.3, -0.25) is 14.8 Å². The molecule has 0 saturated carbocycles. The maximum absolute atomic E-state index is 10.8. The zero-order chi connectivity index (χ0) is 13.0. The summed E-state index contributed by atoms with van der Waals surface area (Å²) in [5.41, 5.74) is 1.04. The lowest BCUT2D eigenvalue weighted by molar-refractivity contribution is -0.384. The maximum atomic E-state index is 10.8. The van der Waals surface area contributed by atoms with Gasteiger partial charge in [0, 0.05) is 44.2 Å². The monoisotopic (exact) mass is 247 g/mol. The summed E-state index contributed by atoms with van der Waals surface area (Å²) in [6, 6.07) is 4.89. The average Bonchev–Trinajstić information content (AvgIpc) is 2.76. The zero-order valence-electron chi connectivity index (χ0n) is 9.91. The number of nitrogens with one attached hydrogen (secondary N) is 1. The average molecular weight is 247 g/mol. The molecule has 0 radical (unpaired) electrons. The van der Waals surface area contributed by atoms with E-state index < -0.39 is 4.92 Å². The summed E-state index contributed by atoms with van der Waals surface area (Å²) in [4.78, 5) is 14.3. The van der Waals surface area contributed by atoms with Crippen LogP contribution in [-0.2, 0) is 13.5 Å². The number of nitro groups is 1. The first kappa shape index (κ1) is 12.0. The van der Waals surface area contributed by atoms with Crippen molar-refractivity contribution in [2.24, 2.45) is 7.05 Å². The molecule has 0 aromatic carbocycles. The number of rotatable bonds is 5. The molecule has 2 heterocycles. The normalized spacial score (nSPS) is 10.3. The molecular formula is C11H13N5O2. The highest BCUT2D eigenvalue weighted by molar-refractivity contribution is 5.55. The zero-order valence-corrected chi connectivity index (χ0v) is 9.91. The lowest BCUT2D eigenvalue weighted by Gasteiger charge is -2.05. The van der Waals surface area contributed by atoms with Gasteiger partial charge in [-0.25, -0.2) is 4.98 Å². The molecule has 2 rings (SSSR count). The van der Waals surface area contributed by atoms with Crippen LogP contribution in [0.25, 0.3) is 0 Å². The second-order valence-electron chi connectivity index (χ2n) is 3.75. The van der Waals surface area contributed by atoms with Crippen molar-refractivity contribution in [1.82, 2.24) is 14.8 Å². The first-order valence-electron chi connectivity index (χ1n) is 5.48. The molecule has 7 nitrogen and oxygen atoms in total. The molecule has 0 aliphatic carbocycles. The van der Waals surface area contributed by atoms with E-state index >= 15 is 0 Å². The summed E-state index contributed by atoms with van der Waals surface area (Å²) in [6.45, 7) is 0.567. The van der Waals surface area contributed by atoms with Gasteiger partial charge in [0.05, 0.1) is 4.92 Å². The number of hydrogen-bond acceptors (Lipinski definition) is 5. The molecule has 18 heavy (non-hydrogen) atoms. The van der Waals surface area contributed by atoms with Gasteiger partial charge < -0.3 is 5.32 Å². The standard InChI is InChI=1S/C11H13N5O2/c1-15-9(5-8-14-15)4-7-13-11-10(16(17)18)3-2-6-12-11/h2-3,5-6,8H,4,7H2,1H3,(H,12,13). The highest BCUT2D eigenvalue weighted by Gasteiger charge is 2.13. The minimum absolute atomic E-state index is 0.0116. The third-order valence-corrected chi connectivity index (χ3v) is 2.58. The first-order chi connectivity index (χ1) is 8.68. The van der Waals surface area contributed by atoms with Crippen LogP contribution in [0, 0.1) is 10.1 Å². The molecule has 0 aliphatic rings. The van der Waals surface area contributed by atoms with Gasteiger partial charge in [0.15, 0.2) is 0 Å². The molecule has 0 fully saturated rings. The molecule has 0 bridgehead atoms. The van der Waals surface area contributed by atoms with E-state index in [4.69, 9.17) is 0 Å². The number of aryl methyl sites for hydroxylation is 1. The van der Waals surface area contributed by atoms with Gasteiger partial charge in [-0.15, -0.1) is 0 Å². The van der Waals surface area contributed by atoms with Crippen molar-refractivity contribution < 1.29 is 4.92 Å². The molecule has 0 unspecified atom stereocenters. The van der Waals surface area contributed by atoms with Crippen molar-refractivity contribution in [3.63, 3.8) is 0 Å². The van der Waals surface area contributed by atoms with E-state index in [2.05, 4.69) is 15.4 Å². The Hall–Kier alpha value is -2.44. The molecule has 94 valence electrons. The molecule has 0 aliphatic heterocycles. The Bertz CT molecular complexity index is 552. The number of hydrogen-bond donors (Lipinski definition) is 1. The molecule has 1 N–H and O–H groups in total. The number of anilines is 1. The largest absolute Gasteiger partial charge is 0.364 e. The maximum Gasteiger partial charge on any atom is 0.311 e. The third kappa shape index (κ3) is 2.62. The van der Waals surface area contributed by atoms with Crippen molar-refractivity contribution in [3.8, 4) is 0 Å². The Morgan fingerprint density at radius 1 is 1.44 bits per heavy atom. The van der Waals surface area contributed by atoms with Crippen molar-refractivity contribution in [2.45, 2.75) is 6.42 Å². The summed E-state index contributed by atoms with van der Waals surface area (Å²) >= 11 is 0. The SMILES string of the molecule is Cn1nccc1CCNc1ncccc1[N+](=O)[O-]. The predicted molar refractivity (Wildman–Crippen MR) is 66.3 cm³/mol. The number of aromatic nitrogens is 3. The van der Waals surface area contributed by atoms with E-state index in [-0.39, 0.29) is 5.69 Å². The van der Waals surface area contributed by atoms with Crippen LogP contribution in [0.2, 0.25) is 0 Å². The molecule has 0 spiro atoms. The summed E-state index contributed by atoms with van der Waals surface area (Å²) in [6.07, 6.45) is 3.97. The number of pyridine rings is 1. The van der Waals surface area contributed by atoms with Crippen molar-refractivity contribution >= 4 is 11.5 Å². The topological polar surface area (TPSA) is 85.9 Å². The van der Waals surface area contributed by atoms with Gasteiger partial charge in [-0.05, 0) is 12.1 Å². The summed E-state index contributed by atoms with van der Waals surface area (Å²) in [5.74, 6) is 0.296. The van der Waals surface area contributed by atoms with Crippen LogP contribution in [0.4, 0.5) is 11.5 Å². The fourth-order valence-electron chi connectivity index (χ4n) is 1.64. The Kier molecular flexibility index (Phi) is 3.52. The van der Waals surface area contributed by atoms with Crippen LogP contribution in [0.1, 0.15) is 5.69 Å². The molecule has 7 heteroatoms. The Labute approximate surface area is 104 Å². The van der Waals surface area contributed by atoms with Gasteiger partial charge in [-0.2, -0.15) is 5.10 Å². The van der Waals surface area contributed by atoms with Crippen LogP contribution < -0.4 is 5.32 Å². The van der Waals surface area contributed by atoms with Crippen LogP contribution in [-0.4, -0.2) is 26.2 Å². The Balaban J connectivity index is 1.99. The third-order valence-electron chi connectivity index (χ3n) is 2.58. The minimum Gasteiger partial charge on any atom is -0.364 e. The summed E-state index contributed by atoms with van der Waals surface area (Å²) < 4.78 is 1.77. The molecule has 0 saturated heterocycles. The fraction of sp³-hybridized carbons (Fsp3) is 0.273. The number of nitrogens with zero attached hydrogens (tertiary/aromatic N) is 4. The van der Waals surface area contributed by atoms with Crippen LogP contribution in [0.5, 0.6) is 0 Å². The predicted octanol–water partition coefficient (Wildman–Crippen LogP) is 1.38. The fourth-order valence-corrected chi connectivity index (χ4v) is 1.64. The van der Waals surface area contributed by atoms with E-state index in [1.165, 1.54) is 12.3 Å². The summed E-state index contributed by atoms with van der Waals surface area (Å²) in [5, 5.41) is 17.8. The van der Waals surface area contributed by atoms with Crippen molar-refractivity contribution in [1.29, 1.82) is 0 Å². The van der Waals surface area contributed by atoms with E-state index in [9.17, 15) is 10.1 Å². The molecule has 0 amide bonds. The lowest BCUT2D eigenvalue weighted by atomic mass is 10.3. The van der Waals surface area contributed by atoms with Crippen LogP contribution >= 0.6 is 0 Å². The van der Waals surface area contributed by atoms with Gasteiger partial charge in [-0.1, -0.05) is 0 Å². The van der Waals surface area contributed by atoms with E-state index in [0.29, 0.717) is 12.4 Å². The second kappa shape index (κ2) is 5.26. The quantitative estimate of drug-likeness (QED) is 0.637. The lowest BCUT2D eigenvalue weighted by Crippen LogP contribution is -2.10. The highest BCUT2D eigenvalue weighted by atomic mass is 16.6. The van der Waals surface area contributed by atoms with Gasteiger partial charge in [0.2, 0.25) is 5.82 Å². The van der Waals surface area contributed by atoms with Crippen LogP contribution in [0.15, 0.2) is 30.6 Å². The van der Waals surface area contributed by atoms with Crippen molar-refractivity contribution in [3.05, 3.63) is 46.4 Å². The van der Waals surface area contributed by atoms with Crippen molar-refractivity contribution in [2.75, 3.05) is 11.9 Å². The van der Waals surface area contributed by atoms with Gasteiger partial charge in [0.25, 0.3) is 0 Å². The summed E-state index contributed by atoms with van der Waals surface area (Å²) in [7, 11) is 1.86. The van der Waals surface area contributed by atoms with Crippen LogP contribution in [0.3, 0.4) is 0 Å². The van der Waals surface area contributed by atoms with E-state index in [1.54, 1.807) is 16.9 Å². The molecule has 2 aromatic heterocycles.